The average Bonchev–Trinajstić information content (AvgIpc) is 1.23. The van der Waals surface area contributed by atoms with Gasteiger partial charge in [0.05, 0.1) is 230 Å². The number of imidazole rings is 3. The van der Waals surface area contributed by atoms with Crippen molar-refractivity contribution in [2.75, 3.05) is 299 Å². The third-order valence-electron chi connectivity index (χ3n) is 21.3. The fourth-order valence-corrected chi connectivity index (χ4v) is 14.2. The van der Waals surface area contributed by atoms with Crippen molar-refractivity contribution in [2.45, 2.75) is 52.0 Å². The predicted octanol–water partition coefficient (Wildman–Crippen LogP) is 3.68. The fourth-order valence-electron chi connectivity index (χ4n) is 14.2. The van der Waals surface area contributed by atoms with Crippen molar-refractivity contribution in [2.24, 2.45) is 41.2 Å². The Bertz CT molecular complexity index is 4900. The van der Waals surface area contributed by atoms with Gasteiger partial charge in [0.15, 0.2) is 40.5 Å². The van der Waals surface area contributed by atoms with Crippen molar-refractivity contribution in [3.8, 4) is 34.1 Å². The van der Waals surface area contributed by atoms with E-state index in [1.165, 1.54) is 55.2 Å². The molecule has 0 aliphatic carbocycles. The summed E-state index contributed by atoms with van der Waals surface area (Å²) in [5, 5.41) is 21.3. The predicted molar refractivity (Wildman–Crippen MR) is 511 cm³/mol. The Morgan fingerprint density at radius 1 is 0.400 bits per heavy atom. The number of benzene rings is 2. The van der Waals surface area contributed by atoms with Gasteiger partial charge in [-0.3, -0.25) is 43.2 Å². The molecule has 5 aromatic heterocycles. The number of ether oxygens (including phenoxy) is 19. The molecule has 0 saturated carbocycles. The highest BCUT2D eigenvalue weighted by Gasteiger charge is 2.28. The monoisotopic (exact) mass is 1970 g/mol. The van der Waals surface area contributed by atoms with E-state index in [-0.39, 0.29) is 110 Å². The average molecular weight is 1970 g/mol. The molecular formula is C94H140N18O28. The van der Waals surface area contributed by atoms with Crippen LogP contribution in [0.25, 0.3) is 11.1 Å². The zero-order valence-electron chi connectivity index (χ0n) is 81.7. The number of piperidine rings is 1. The first-order chi connectivity index (χ1) is 68.1. The van der Waals surface area contributed by atoms with E-state index in [1.54, 1.807) is 59.3 Å². The third kappa shape index (κ3) is 41.7. The van der Waals surface area contributed by atoms with Crippen LogP contribution in [0.3, 0.4) is 0 Å². The number of aryl methyl sites for hydroxylation is 5. The topological polar surface area (TPSA) is 495 Å². The van der Waals surface area contributed by atoms with E-state index in [1.807, 2.05) is 36.1 Å². The normalized spacial score (nSPS) is 13.1. The van der Waals surface area contributed by atoms with Gasteiger partial charge in [-0.15, -0.1) is 0 Å². The van der Waals surface area contributed by atoms with E-state index >= 15 is 0 Å². The summed E-state index contributed by atoms with van der Waals surface area (Å²) >= 11 is 0. The molecule has 2 aliphatic heterocycles. The van der Waals surface area contributed by atoms with Crippen LogP contribution >= 0.6 is 0 Å². The van der Waals surface area contributed by atoms with Gasteiger partial charge in [0.25, 0.3) is 29.5 Å². The van der Waals surface area contributed by atoms with E-state index in [0.29, 0.717) is 266 Å². The van der Waals surface area contributed by atoms with Crippen molar-refractivity contribution >= 4 is 76.2 Å². The number of likely N-dealkylation sites (tertiary alicyclic amines) is 1. The number of anilines is 4. The summed E-state index contributed by atoms with van der Waals surface area (Å²) in [7, 11) is 11.8. The highest BCUT2D eigenvalue weighted by Crippen LogP contribution is 2.41. The summed E-state index contributed by atoms with van der Waals surface area (Å²) < 4.78 is 116. The molecular weight excluding hydrogens is 1830 g/mol. The van der Waals surface area contributed by atoms with Gasteiger partial charge in [0.1, 0.15) is 24.6 Å². The zero-order valence-corrected chi connectivity index (χ0v) is 81.7. The molecule has 7 heterocycles. The van der Waals surface area contributed by atoms with Crippen LogP contribution < -0.4 is 61.5 Å². The summed E-state index contributed by atoms with van der Waals surface area (Å²) in [6.07, 6.45) is 11.5. The summed E-state index contributed by atoms with van der Waals surface area (Å²) in [4.78, 5) is 132. The Morgan fingerprint density at radius 2 is 0.821 bits per heavy atom. The second-order valence-electron chi connectivity index (χ2n) is 32.3. The lowest BCUT2D eigenvalue weighted by atomic mass is 9.99. The van der Waals surface area contributed by atoms with E-state index in [0.717, 1.165) is 42.6 Å². The lowest BCUT2D eigenvalue weighted by Crippen LogP contribution is -2.34. The molecule has 1 atom stereocenters. The fraction of sp³-hybridized carbons (Fsp3) is 0.596. The summed E-state index contributed by atoms with van der Waals surface area (Å²) in [6, 6.07) is 12.9. The lowest BCUT2D eigenvalue weighted by molar-refractivity contribution is -0.131. The number of methoxy groups -OCH3 is 1. The van der Waals surface area contributed by atoms with Crippen LogP contribution in [0.15, 0.2) is 79.6 Å². The maximum Gasteiger partial charge on any atom is 0.291 e. The van der Waals surface area contributed by atoms with Gasteiger partial charge >= 0.3 is 0 Å². The van der Waals surface area contributed by atoms with Crippen LogP contribution in [0, 0.1) is 5.92 Å². The molecule has 2 aromatic carbocycles. The quantitative estimate of drug-likeness (QED) is 0.0252. The number of hydrogen-bond donors (Lipinski definition) is 8. The van der Waals surface area contributed by atoms with E-state index in [4.69, 9.17) is 90.0 Å². The Morgan fingerprint density at radius 3 is 1.26 bits per heavy atom. The van der Waals surface area contributed by atoms with Crippen molar-refractivity contribution in [3.63, 3.8) is 0 Å². The first kappa shape index (κ1) is 112. The van der Waals surface area contributed by atoms with Gasteiger partial charge in [0.2, 0.25) is 35.3 Å². The number of fused-ring (bicyclic) bond motifs is 1. The van der Waals surface area contributed by atoms with Crippen LogP contribution in [0.4, 0.5) is 23.0 Å². The molecule has 0 spiro atoms. The maximum atomic E-state index is 13.3. The van der Waals surface area contributed by atoms with Gasteiger partial charge in [0, 0.05) is 149 Å². The minimum absolute atomic E-state index is 0.00576. The van der Waals surface area contributed by atoms with Gasteiger partial charge in [-0.05, 0) is 74.0 Å². The summed E-state index contributed by atoms with van der Waals surface area (Å²) in [5.41, 5.74) is 3.82. The first-order valence-electron chi connectivity index (χ1n) is 47.2. The van der Waals surface area contributed by atoms with Gasteiger partial charge in [-0.25, -0.2) is 15.0 Å². The number of rotatable bonds is 73. The highest BCUT2D eigenvalue weighted by atomic mass is 16.6. The molecule has 46 heteroatoms. The zero-order chi connectivity index (χ0) is 99.7. The van der Waals surface area contributed by atoms with E-state index in [9.17, 15) is 43.2 Å². The minimum atomic E-state index is -0.641. The van der Waals surface area contributed by atoms with Crippen molar-refractivity contribution in [3.05, 3.63) is 114 Å². The lowest BCUT2D eigenvalue weighted by Gasteiger charge is -2.29. The molecule has 140 heavy (non-hydrogen) atoms. The molecule has 46 nitrogen and oxygen atoms in total. The number of carbonyl (C=O) groups is 9. The van der Waals surface area contributed by atoms with E-state index in [2.05, 4.69) is 75.5 Å². The maximum absolute atomic E-state index is 13.3. The number of carbonyl (C=O) groups excluding carboxylic acids is 9. The molecule has 1 saturated heterocycles. The number of hydrogen-bond acceptors (Lipinski definition) is 32. The Balaban J connectivity index is 0.453. The number of nitrogens with zero attached hydrogens (tertiary/aromatic N) is 10. The first-order valence-corrected chi connectivity index (χ1v) is 47.2. The van der Waals surface area contributed by atoms with Crippen molar-refractivity contribution in [1.82, 2.24) is 68.9 Å². The molecule has 2 aliphatic rings. The molecule has 774 valence electrons. The summed E-state index contributed by atoms with van der Waals surface area (Å²) in [5.74, 6) is -0.550. The molecule has 8 N–H and O–H groups in total. The molecule has 1 unspecified atom stereocenters. The standard InChI is InChI=1S/C94H140N18O28/c1-9-85(116)112-24-26-139-86-72(63-112)57-71(59-79(86)140-68-69-11-10-22-106(2)62-69)70-12-13-77(78(58-70)122-8)138-56-55-137-54-53-136-52-51-135-50-49-134-48-47-133-46-45-132-44-43-131-42-41-130-40-39-129-38-37-128-36-35-127-34-33-126-32-31-125-30-29-124-28-27-123-25-21-95-82(113)14-17-99-92(119)88-104-80(66-110(88)6)102-83(114)15-18-98-91(118)76-61-74(65-109(76)5)101-94(121)89-105-81(67-111(89)7)103-84(115)16-19-97-90(117)75-60-73(64-108(75)4)100-93(120)87-96-20-23-107(87)3/h12-13,20,23,57-61,64-67,69H,9-11,14-19,21-22,24-56,62-63,68H2,1-8H3,(H,95,113)(H,97,117)(H,98,118)(H,99,119)(H,100,120)(H,101,121)(H,102,114)(H,103,115). The van der Waals surface area contributed by atoms with Crippen molar-refractivity contribution < 1.29 is 133 Å². The van der Waals surface area contributed by atoms with Gasteiger partial charge < -0.3 is 165 Å². The van der Waals surface area contributed by atoms with Crippen LogP contribution in [-0.4, -0.2) is 379 Å². The molecule has 9 rings (SSSR count). The van der Waals surface area contributed by atoms with E-state index < -0.39 is 41.4 Å². The second kappa shape index (κ2) is 64.7. The SMILES string of the molecule is CCC(=O)N1CCOc2c(cc(-c3ccc(OCCOCCOCCOCCOCCOCCOCCOCCOCCOCCOCCOCCOCCOCCOCCOCCNC(=O)CCNC(=O)c4nc(NC(=O)CCNC(=O)c5cc(NC(=O)c6nc(NC(=O)CCNC(=O)c7cc(NC(=O)c8nccn8C)cn7C)cn6C)cn5C)cn4C)c(OC)c3)cc2OCC2CCCN(C)C2)C1. The molecule has 9 amide bonds. The summed E-state index contributed by atoms with van der Waals surface area (Å²) in [6.45, 7) is 19.0. The Hall–Kier alpha value is -11.6. The number of amides is 9. The number of nitrogens with one attached hydrogen (secondary N) is 8. The third-order valence-corrected chi connectivity index (χ3v) is 21.3. The molecule has 7 aromatic rings. The smallest absolute Gasteiger partial charge is 0.291 e. The molecule has 0 radical (unpaired) electrons. The second-order valence-corrected chi connectivity index (χ2v) is 32.3. The van der Waals surface area contributed by atoms with Gasteiger partial charge in [-0.2, -0.15) is 0 Å². The van der Waals surface area contributed by atoms with Gasteiger partial charge in [-0.1, -0.05) is 13.0 Å². The molecule has 0 bridgehead atoms. The Kier molecular flexibility index (Phi) is 51.8. The van der Waals surface area contributed by atoms with Crippen LogP contribution in [-0.2, 0) is 132 Å². The largest absolute Gasteiger partial charge is 0.493 e. The minimum Gasteiger partial charge on any atom is -0.493 e. The molecule has 1 fully saturated rings. The Labute approximate surface area is 815 Å². The van der Waals surface area contributed by atoms with Crippen LogP contribution in [0.2, 0.25) is 0 Å². The van der Waals surface area contributed by atoms with Crippen molar-refractivity contribution in [1.29, 1.82) is 0 Å². The number of aromatic nitrogens is 8. The van der Waals surface area contributed by atoms with Crippen LogP contribution in [0.5, 0.6) is 23.0 Å². The van der Waals surface area contributed by atoms with Crippen LogP contribution in [0.1, 0.15) is 104 Å². The highest BCUT2D eigenvalue weighted by molar-refractivity contribution is 6.05.